The largest absolute Gasteiger partial charge is 0.352 e. The first-order valence-electron chi connectivity index (χ1n) is 2.97. The quantitative estimate of drug-likeness (QED) is 0.573. The minimum Gasteiger partial charge on any atom is -0.352 e. The van der Waals surface area contributed by atoms with Gasteiger partial charge in [0.15, 0.2) is 11.5 Å². The van der Waals surface area contributed by atoms with Crippen LogP contribution in [0.2, 0.25) is 0 Å². The average Bonchev–Trinajstić information content (AvgIpc) is 2.47. The maximum absolute atomic E-state index is 8.53. The molecular formula is C6H3N5. The molecule has 52 valence electrons. The molecule has 0 bridgehead atoms. The van der Waals surface area contributed by atoms with Crippen LogP contribution in [-0.4, -0.2) is 20.2 Å². The van der Waals surface area contributed by atoms with Crippen molar-refractivity contribution < 1.29 is 0 Å². The Balaban J connectivity index is 2.76. The molecule has 0 atom stereocenters. The maximum Gasteiger partial charge on any atom is 0.187 e. The summed E-state index contributed by atoms with van der Waals surface area (Å²) in [5.41, 5.74) is 0.972. The van der Waals surface area contributed by atoms with Crippen LogP contribution in [0.1, 0.15) is 5.69 Å². The van der Waals surface area contributed by atoms with E-state index in [1.807, 2.05) is 6.07 Å². The molecule has 0 aliphatic carbocycles. The Morgan fingerprint density at radius 1 is 1.45 bits per heavy atom. The van der Waals surface area contributed by atoms with Gasteiger partial charge >= 0.3 is 0 Å². The van der Waals surface area contributed by atoms with Gasteiger partial charge in [-0.2, -0.15) is 5.26 Å². The van der Waals surface area contributed by atoms with E-state index in [0.29, 0.717) is 17.1 Å². The molecule has 2 rings (SSSR count). The molecule has 0 saturated heterocycles. The van der Waals surface area contributed by atoms with Gasteiger partial charge in [-0.15, -0.1) is 10.2 Å². The predicted molar refractivity (Wildman–Crippen MR) is 35.5 cm³/mol. The molecule has 0 saturated carbocycles. The van der Waals surface area contributed by atoms with Crippen LogP contribution in [-0.2, 0) is 0 Å². The summed E-state index contributed by atoms with van der Waals surface area (Å²) in [6.45, 7) is 0. The van der Waals surface area contributed by atoms with Crippen molar-refractivity contribution in [1.29, 1.82) is 5.26 Å². The lowest BCUT2D eigenvalue weighted by atomic mass is 10.2. The summed E-state index contributed by atoms with van der Waals surface area (Å²) in [5, 5.41) is 15.8. The lowest BCUT2D eigenvalue weighted by Crippen LogP contribution is -1.84. The Bertz CT molecular complexity index is 384. The molecule has 0 fully saturated rings. The van der Waals surface area contributed by atoms with E-state index < -0.39 is 0 Å². The summed E-state index contributed by atoms with van der Waals surface area (Å²) < 4.78 is 0. The fourth-order valence-corrected chi connectivity index (χ4v) is 0.841. The van der Waals surface area contributed by atoms with Gasteiger partial charge in [-0.3, -0.25) is 0 Å². The van der Waals surface area contributed by atoms with Gasteiger partial charge in [-0.25, -0.2) is 4.98 Å². The molecule has 5 heteroatoms. The smallest absolute Gasteiger partial charge is 0.187 e. The zero-order valence-corrected chi connectivity index (χ0v) is 5.44. The van der Waals surface area contributed by atoms with E-state index in [9.17, 15) is 0 Å². The highest BCUT2D eigenvalue weighted by Crippen LogP contribution is 2.16. The highest BCUT2D eigenvalue weighted by Gasteiger charge is 2.12. The number of nitrogens with zero attached hydrogens (tertiary/aromatic N) is 4. The third-order valence-corrected chi connectivity index (χ3v) is 1.34. The number of rotatable bonds is 0. The zero-order chi connectivity index (χ0) is 7.68. The number of nitrogens with one attached hydrogen (secondary N) is 1. The van der Waals surface area contributed by atoms with Gasteiger partial charge in [0.25, 0.3) is 0 Å². The van der Waals surface area contributed by atoms with Crippen LogP contribution in [0.4, 0.5) is 0 Å². The van der Waals surface area contributed by atoms with E-state index in [2.05, 4.69) is 20.2 Å². The third-order valence-electron chi connectivity index (χ3n) is 1.34. The first kappa shape index (κ1) is 5.80. The van der Waals surface area contributed by atoms with Crippen LogP contribution in [0.5, 0.6) is 0 Å². The van der Waals surface area contributed by atoms with Gasteiger partial charge in [-0.1, -0.05) is 0 Å². The Morgan fingerprint density at radius 2 is 2.36 bits per heavy atom. The number of fused-ring (bicyclic) bond motifs is 1. The molecule has 0 aromatic rings. The summed E-state index contributed by atoms with van der Waals surface area (Å²) in [6.07, 6.45) is 3.15. The van der Waals surface area contributed by atoms with Crippen molar-refractivity contribution in [1.82, 2.24) is 20.2 Å². The molecular weight excluding hydrogens is 142 g/mol. The third kappa shape index (κ3) is 0.730. The Hall–Kier alpha value is -1.96. The Morgan fingerprint density at radius 3 is 3.18 bits per heavy atom. The van der Waals surface area contributed by atoms with Crippen LogP contribution in [0.25, 0.3) is 11.4 Å². The molecule has 0 unspecified atom stereocenters. The van der Waals surface area contributed by atoms with E-state index in [-0.39, 0.29) is 0 Å². The van der Waals surface area contributed by atoms with Crippen molar-refractivity contribution >= 4 is 0 Å². The standard InChI is InChI=1S/C6H3N5/c7-1-5-4-2-8-3-9-6(4)11-10-5/h2-3H,(H,8,9,10,11). The van der Waals surface area contributed by atoms with Crippen LogP contribution >= 0.6 is 0 Å². The highest BCUT2D eigenvalue weighted by molar-refractivity contribution is 5.61. The molecule has 2 aliphatic rings. The second-order valence-corrected chi connectivity index (χ2v) is 1.97. The second-order valence-electron chi connectivity index (χ2n) is 1.97. The number of hydrogen-bond donors (Lipinski definition) is 1. The minimum atomic E-state index is 0.310. The van der Waals surface area contributed by atoms with Crippen molar-refractivity contribution in [2.24, 2.45) is 0 Å². The van der Waals surface area contributed by atoms with Gasteiger partial charge in [-0.05, 0) is 0 Å². The molecule has 0 radical (unpaired) electrons. The first-order chi connectivity index (χ1) is 5.42. The lowest BCUT2D eigenvalue weighted by molar-refractivity contribution is 1.04. The van der Waals surface area contributed by atoms with Crippen molar-refractivity contribution in [3.05, 3.63) is 18.2 Å². The van der Waals surface area contributed by atoms with E-state index in [4.69, 9.17) is 5.26 Å². The van der Waals surface area contributed by atoms with Crippen molar-refractivity contribution in [3.63, 3.8) is 0 Å². The number of aromatic amines is 1. The molecule has 2 heterocycles. The van der Waals surface area contributed by atoms with E-state index in [0.717, 1.165) is 0 Å². The molecule has 0 amide bonds. The van der Waals surface area contributed by atoms with Gasteiger partial charge in [0.05, 0.1) is 11.9 Å². The van der Waals surface area contributed by atoms with Gasteiger partial charge in [0.2, 0.25) is 0 Å². The topological polar surface area (TPSA) is 78.2 Å². The van der Waals surface area contributed by atoms with Crippen molar-refractivity contribution in [3.8, 4) is 17.5 Å². The maximum atomic E-state index is 8.53. The fraction of sp³-hybridized carbons (Fsp3) is 0. The van der Waals surface area contributed by atoms with Crippen LogP contribution in [0.3, 0.4) is 0 Å². The number of aromatic nitrogens is 4. The van der Waals surface area contributed by atoms with Gasteiger partial charge in [0.1, 0.15) is 6.07 Å². The molecule has 1 N–H and O–H groups in total. The molecule has 0 spiro atoms. The van der Waals surface area contributed by atoms with E-state index in [1.54, 1.807) is 6.20 Å². The summed E-state index contributed by atoms with van der Waals surface area (Å²) in [5.74, 6) is 0.500. The SMILES string of the molecule is N#Cc1nnc2nc[nH]cc1-2. The monoisotopic (exact) mass is 145 g/mol. The number of nitriles is 1. The van der Waals surface area contributed by atoms with E-state index >= 15 is 0 Å². The normalized spacial score (nSPS) is 9.73. The summed E-state index contributed by atoms with van der Waals surface area (Å²) in [4.78, 5) is 6.62. The van der Waals surface area contributed by atoms with E-state index in [1.165, 1.54) is 6.33 Å². The molecule has 2 aliphatic heterocycles. The molecule has 11 heavy (non-hydrogen) atoms. The Labute approximate surface area is 62.1 Å². The van der Waals surface area contributed by atoms with Crippen LogP contribution in [0.15, 0.2) is 12.5 Å². The average molecular weight is 145 g/mol. The zero-order valence-electron chi connectivity index (χ0n) is 5.44. The fourth-order valence-electron chi connectivity index (χ4n) is 0.841. The van der Waals surface area contributed by atoms with Gasteiger partial charge < -0.3 is 4.98 Å². The Kier molecular flexibility index (Phi) is 1.07. The molecule has 0 aromatic carbocycles. The van der Waals surface area contributed by atoms with Crippen molar-refractivity contribution in [2.45, 2.75) is 0 Å². The predicted octanol–water partition coefficient (Wildman–Crippen LogP) is 0.176. The molecule has 5 nitrogen and oxygen atoms in total. The lowest BCUT2D eigenvalue weighted by Gasteiger charge is -1.90. The highest BCUT2D eigenvalue weighted by atomic mass is 15.2. The second kappa shape index (κ2) is 2.02. The van der Waals surface area contributed by atoms with Crippen LogP contribution < -0.4 is 0 Å². The van der Waals surface area contributed by atoms with Gasteiger partial charge in [0, 0.05) is 6.20 Å². The number of hydrogen-bond acceptors (Lipinski definition) is 4. The first-order valence-corrected chi connectivity index (χ1v) is 2.97. The van der Waals surface area contributed by atoms with Crippen LogP contribution in [0, 0.1) is 11.3 Å². The summed E-state index contributed by atoms with van der Waals surface area (Å²) >= 11 is 0. The van der Waals surface area contributed by atoms with Crippen molar-refractivity contribution in [2.75, 3.05) is 0 Å². The summed E-state index contributed by atoms with van der Waals surface area (Å²) in [7, 11) is 0. The number of H-pyrrole nitrogens is 1. The minimum absolute atomic E-state index is 0.310. The summed E-state index contributed by atoms with van der Waals surface area (Å²) in [6, 6.07) is 1.92. The molecule has 0 aromatic heterocycles.